The summed E-state index contributed by atoms with van der Waals surface area (Å²) in [6, 6.07) is 13.5. The zero-order valence-corrected chi connectivity index (χ0v) is 13.0. The van der Waals surface area contributed by atoms with Crippen molar-refractivity contribution in [1.29, 1.82) is 0 Å². The third-order valence-corrected chi connectivity index (χ3v) is 4.20. The Kier molecular flexibility index (Phi) is 3.54. The van der Waals surface area contributed by atoms with Gasteiger partial charge in [0.1, 0.15) is 0 Å². The van der Waals surface area contributed by atoms with Gasteiger partial charge in [-0.2, -0.15) is 0 Å². The van der Waals surface area contributed by atoms with Crippen LogP contribution in [-0.4, -0.2) is 0 Å². The molecule has 0 spiro atoms. The molecule has 100 valence electrons. The third kappa shape index (κ3) is 2.00. The lowest BCUT2D eigenvalue weighted by atomic mass is 9.82. The molecule has 0 fully saturated rings. The monoisotopic (exact) mass is 252 g/mol. The van der Waals surface area contributed by atoms with Crippen LogP contribution in [0.25, 0.3) is 11.1 Å². The van der Waals surface area contributed by atoms with Crippen LogP contribution in [0.4, 0.5) is 0 Å². The van der Waals surface area contributed by atoms with E-state index in [1.165, 1.54) is 33.4 Å². The second kappa shape index (κ2) is 4.85. The van der Waals surface area contributed by atoms with Gasteiger partial charge in [0.2, 0.25) is 0 Å². The summed E-state index contributed by atoms with van der Waals surface area (Å²) in [7, 11) is 0. The van der Waals surface area contributed by atoms with E-state index in [4.69, 9.17) is 0 Å². The summed E-state index contributed by atoms with van der Waals surface area (Å²) >= 11 is 0. The Morgan fingerprint density at radius 3 is 2.00 bits per heavy atom. The largest absolute Gasteiger partial charge is 0.0683 e. The number of fused-ring (bicyclic) bond motifs is 3. The number of rotatable bonds is 0. The van der Waals surface area contributed by atoms with Gasteiger partial charge >= 0.3 is 0 Å². The molecule has 0 aliphatic heterocycles. The van der Waals surface area contributed by atoms with Gasteiger partial charge in [0.05, 0.1) is 0 Å². The first kappa shape index (κ1) is 13.9. The van der Waals surface area contributed by atoms with Gasteiger partial charge in [-0.15, -0.1) is 0 Å². The molecular formula is C19H24. The van der Waals surface area contributed by atoms with Gasteiger partial charge in [-0.05, 0) is 47.2 Å². The zero-order valence-electron chi connectivity index (χ0n) is 13.0. The lowest BCUT2D eigenvalue weighted by Crippen LogP contribution is -2.15. The molecule has 0 radical (unpaired) electrons. The normalized spacial score (nSPS) is 14.2. The summed E-state index contributed by atoms with van der Waals surface area (Å²) in [5.74, 6) is 0. The predicted octanol–water partition coefficient (Wildman–Crippen LogP) is 5.64. The molecule has 0 heterocycles. The van der Waals surface area contributed by atoms with Crippen molar-refractivity contribution in [3.63, 3.8) is 0 Å². The van der Waals surface area contributed by atoms with Crippen LogP contribution in [0.15, 0.2) is 36.4 Å². The molecule has 0 amide bonds. The van der Waals surface area contributed by atoms with E-state index < -0.39 is 0 Å². The van der Waals surface area contributed by atoms with Crippen molar-refractivity contribution in [3.05, 3.63) is 58.7 Å². The van der Waals surface area contributed by atoms with E-state index in [9.17, 15) is 0 Å². The van der Waals surface area contributed by atoms with Crippen LogP contribution >= 0.6 is 0 Å². The molecule has 0 atom stereocenters. The standard InChI is InChI=1S/C17H18.C2H6/c1-11-9-14-13-7-5-6-8-15(13)17(3,4)16(14)10-12(11)2;1-2/h5-10H,1-4H3;1-2H3. The first-order valence-corrected chi connectivity index (χ1v) is 7.23. The van der Waals surface area contributed by atoms with E-state index >= 15 is 0 Å². The molecular weight excluding hydrogens is 228 g/mol. The quantitative estimate of drug-likeness (QED) is 0.569. The minimum atomic E-state index is 0.143. The highest BCUT2D eigenvalue weighted by Gasteiger charge is 2.35. The maximum absolute atomic E-state index is 2.37. The minimum Gasteiger partial charge on any atom is -0.0683 e. The van der Waals surface area contributed by atoms with E-state index in [1.807, 2.05) is 13.8 Å². The van der Waals surface area contributed by atoms with Crippen LogP contribution in [-0.2, 0) is 5.41 Å². The van der Waals surface area contributed by atoms with Gasteiger partial charge < -0.3 is 0 Å². The maximum Gasteiger partial charge on any atom is 0.0158 e. The Morgan fingerprint density at radius 2 is 1.32 bits per heavy atom. The van der Waals surface area contributed by atoms with Crippen LogP contribution in [0.3, 0.4) is 0 Å². The molecule has 0 nitrogen and oxygen atoms in total. The molecule has 0 saturated carbocycles. The summed E-state index contributed by atoms with van der Waals surface area (Å²) in [6.07, 6.45) is 0. The number of aryl methyl sites for hydroxylation is 2. The first-order valence-electron chi connectivity index (χ1n) is 7.23. The zero-order chi connectivity index (χ0) is 14.2. The molecule has 19 heavy (non-hydrogen) atoms. The van der Waals surface area contributed by atoms with E-state index in [0.717, 1.165) is 0 Å². The van der Waals surface area contributed by atoms with Crippen LogP contribution in [0, 0.1) is 13.8 Å². The number of hydrogen-bond acceptors (Lipinski definition) is 0. The van der Waals surface area contributed by atoms with Crippen molar-refractivity contribution >= 4 is 0 Å². The van der Waals surface area contributed by atoms with Crippen LogP contribution in [0.5, 0.6) is 0 Å². The van der Waals surface area contributed by atoms with Gasteiger partial charge in [-0.25, -0.2) is 0 Å². The lowest BCUT2D eigenvalue weighted by Gasteiger charge is -2.22. The molecule has 0 bridgehead atoms. The van der Waals surface area contributed by atoms with Crippen molar-refractivity contribution in [2.24, 2.45) is 0 Å². The Bertz CT molecular complexity index is 603. The SMILES string of the molecule is CC.Cc1cc2c(cc1C)C(C)(C)c1ccccc1-2. The van der Waals surface area contributed by atoms with E-state index in [2.05, 4.69) is 64.1 Å². The van der Waals surface area contributed by atoms with Crippen molar-refractivity contribution in [2.75, 3.05) is 0 Å². The van der Waals surface area contributed by atoms with Gasteiger partial charge in [-0.1, -0.05) is 64.1 Å². The number of benzene rings is 2. The fourth-order valence-corrected chi connectivity index (χ4v) is 2.96. The molecule has 3 rings (SSSR count). The average Bonchev–Trinajstić information content (AvgIpc) is 2.63. The minimum absolute atomic E-state index is 0.143. The topological polar surface area (TPSA) is 0 Å². The highest BCUT2D eigenvalue weighted by Crippen LogP contribution is 2.49. The summed E-state index contributed by atoms with van der Waals surface area (Å²) in [5.41, 5.74) is 8.69. The fourth-order valence-electron chi connectivity index (χ4n) is 2.96. The van der Waals surface area contributed by atoms with Crippen LogP contribution in [0.1, 0.15) is 49.9 Å². The molecule has 1 aliphatic carbocycles. The Balaban J connectivity index is 0.000000637. The molecule has 0 unspecified atom stereocenters. The maximum atomic E-state index is 2.37. The van der Waals surface area contributed by atoms with Crippen molar-refractivity contribution in [1.82, 2.24) is 0 Å². The molecule has 0 heteroatoms. The Labute approximate surface area is 117 Å². The van der Waals surface area contributed by atoms with Gasteiger partial charge in [0, 0.05) is 5.41 Å². The summed E-state index contributed by atoms with van der Waals surface area (Å²) < 4.78 is 0. The summed E-state index contributed by atoms with van der Waals surface area (Å²) in [5, 5.41) is 0. The van der Waals surface area contributed by atoms with Crippen molar-refractivity contribution in [2.45, 2.75) is 47.0 Å². The summed E-state index contributed by atoms with van der Waals surface area (Å²) in [6.45, 7) is 13.1. The van der Waals surface area contributed by atoms with Gasteiger partial charge in [0.25, 0.3) is 0 Å². The lowest BCUT2D eigenvalue weighted by molar-refractivity contribution is 0.659. The second-order valence-corrected chi connectivity index (χ2v) is 5.65. The number of hydrogen-bond donors (Lipinski definition) is 0. The Morgan fingerprint density at radius 1 is 0.737 bits per heavy atom. The molecule has 0 saturated heterocycles. The molecule has 0 N–H and O–H groups in total. The highest BCUT2D eigenvalue weighted by atomic mass is 14.4. The van der Waals surface area contributed by atoms with E-state index in [1.54, 1.807) is 0 Å². The summed E-state index contributed by atoms with van der Waals surface area (Å²) in [4.78, 5) is 0. The fraction of sp³-hybridized carbons (Fsp3) is 0.368. The van der Waals surface area contributed by atoms with Crippen molar-refractivity contribution in [3.8, 4) is 11.1 Å². The molecule has 2 aromatic rings. The van der Waals surface area contributed by atoms with Gasteiger partial charge in [-0.3, -0.25) is 0 Å². The van der Waals surface area contributed by atoms with E-state index in [0.29, 0.717) is 0 Å². The predicted molar refractivity (Wildman–Crippen MR) is 84.8 cm³/mol. The molecule has 0 aromatic heterocycles. The highest BCUT2D eigenvalue weighted by molar-refractivity contribution is 5.81. The first-order chi connectivity index (χ1) is 9.01. The van der Waals surface area contributed by atoms with Crippen molar-refractivity contribution < 1.29 is 0 Å². The van der Waals surface area contributed by atoms with Crippen LogP contribution < -0.4 is 0 Å². The smallest absolute Gasteiger partial charge is 0.0158 e. The Hall–Kier alpha value is -1.56. The molecule has 1 aliphatic rings. The molecule has 2 aromatic carbocycles. The van der Waals surface area contributed by atoms with Gasteiger partial charge in [0.15, 0.2) is 0 Å². The third-order valence-electron chi connectivity index (χ3n) is 4.20. The van der Waals surface area contributed by atoms with Crippen LogP contribution in [0.2, 0.25) is 0 Å². The average molecular weight is 252 g/mol. The second-order valence-electron chi connectivity index (χ2n) is 5.65. The van der Waals surface area contributed by atoms with E-state index in [-0.39, 0.29) is 5.41 Å².